The van der Waals surface area contributed by atoms with Crippen LogP contribution in [0.2, 0.25) is 0 Å². The monoisotopic (exact) mass is 316 g/mol. The fourth-order valence-electron chi connectivity index (χ4n) is 2.50. The molecule has 0 atom stereocenters. The van der Waals surface area contributed by atoms with E-state index in [1.54, 1.807) is 6.07 Å². The number of nitrogens with one attached hydrogen (secondary N) is 2. The maximum atomic E-state index is 12.4. The Kier molecular flexibility index (Phi) is 5.60. The van der Waals surface area contributed by atoms with Crippen LogP contribution in [0.3, 0.4) is 0 Å². The summed E-state index contributed by atoms with van der Waals surface area (Å²) in [5, 5.41) is 3.33. The molecule has 1 aliphatic rings. The molecule has 1 aromatic rings. The van der Waals surface area contributed by atoms with Gasteiger partial charge in [0.05, 0.1) is 0 Å². The fraction of sp³-hybridized carbons (Fsp3) is 0.714. The molecule has 0 saturated heterocycles. The van der Waals surface area contributed by atoms with Crippen LogP contribution < -0.4 is 10.0 Å². The normalized spacial score (nSPS) is 16.9. The van der Waals surface area contributed by atoms with Crippen molar-refractivity contribution in [3.63, 3.8) is 0 Å². The lowest BCUT2D eigenvalue weighted by Gasteiger charge is -2.10. The lowest BCUT2D eigenvalue weighted by molar-refractivity contribution is 0.554. The van der Waals surface area contributed by atoms with E-state index in [4.69, 9.17) is 0 Å². The maximum Gasteiger partial charge on any atom is 0.250 e. The molecule has 0 radical (unpaired) electrons. The van der Waals surface area contributed by atoms with Gasteiger partial charge in [0.2, 0.25) is 10.0 Å². The second-order valence-electron chi connectivity index (χ2n) is 5.45. The first kappa shape index (κ1) is 15.9. The summed E-state index contributed by atoms with van der Waals surface area (Å²) in [7, 11) is -3.34. The molecule has 0 amide bonds. The van der Waals surface area contributed by atoms with Crippen LogP contribution in [0, 0.1) is 6.92 Å². The van der Waals surface area contributed by atoms with Crippen LogP contribution in [0.1, 0.15) is 49.5 Å². The van der Waals surface area contributed by atoms with Crippen molar-refractivity contribution in [1.29, 1.82) is 0 Å². The first-order valence-electron chi connectivity index (χ1n) is 7.35. The molecule has 2 rings (SSSR count). The van der Waals surface area contributed by atoms with E-state index < -0.39 is 10.0 Å². The van der Waals surface area contributed by atoms with Crippen LogP contribution in [0.4, 0.5) is 0 Å². The molecule has 1 saturated carbocycles. The van der Waals surface area contributed by atoms with Crippen LogP contribution in [0.15, 0.2) is 10.3 Å². The molecule has 1 aromatic heterocycles. The van der Waals surface area contributed by atoms with Crippen LogP contribution in [0.25, 0.3) is 0 Å². The van der Waals surface area contributed by atoms with Crippen molar-refractivity contribution in [1.82, 2.24) is 10.0 Å². The van der Waals surface area contributed by atoms with Gasteiger partial charge in [-0.05, 0) is 44.4 Å². The van der Waals surface area contributed by atoms with E-state index in [2.05, 4.69) is 17.0 Å². The molecule has 0 spiro atoms. The summed E-state index contributed by atoms with van der Waals surface area (Å²) < 4.78 is 28.0. The van der Waals surface area contributed by atoms with Crippen molar-refractivity contribution >= 4 is 21.4 Å². The standard InChI is InChI=1S/C14H24N2O2S2/c1-3-8-15-10-13-11(2)9-14(19-13)20(17,18)16-12-6-4-5-7-12/h9,12,15-16H,3-8,10H2,1-2H3. The average molecular weight is 316 g/mol. The minimum absolute atomic E-state index is 0.129. The minimum atomic E-state index is -3.34. The van der Waals surface area contributed by atoms with Gasteiger partial charge in [-0.2, -0.15) is 0 Å². The Bertz CT molecular complexity index is 531. The van der Waals surface area contributed by atoms with Gasteiger partial charge in [-0.15, -0.1) is 11.3 Å². The van der Waals surface area contributed by atoms with Gasteiger partial charge in [0.15, 0.2) is 0 Å². The van der Waals surface area contributed by atoms with Gasteiger partial charge in [0.1, 0.15) is 4.21 Å². The number of sulfonamides is 1. The summed E-state index contributed by atoms with van der Waals surface area (Å²) in [6.45, 7) is 5.81. The number of rotatable bonds is 7. The molecule has 4 nitrogen and oxygen atoms in total. The average Bonchev–Trinajstić information content (AvgIpc) is 3.00. The van der Waals surface area contributed by atoms with E-state index in [-0.39, 0.29) is 6.04 Å². The molecule has 1 aliphatic carbocycles. The highest BCUT2D eigenvalue weighted by molar-refractivity contribution is 7.91. The Hall–Kier alpha value is -0.430. The van der Waals surface area contributed by atoms with Crippen molar-refractivity contribution in [3.05, 3.63) is 16.5 Å². The Morgan fingerprint density at radius 1 is 1.35 bits per heavy atom. The minimum Gasteiger partial charge on any atom is -0.312 e. The molecular formula is C14H24N2O2S2. The first-order valence-corrected chi connectivity index (χ1v) is 9.65. The van der Waals surface area contributed by atoms with Gasteiger partial charge < -0.3 is 5.32 Å². The van der Waals surface area contributed by atoms with E-state index in [0.717, 1.165) is 55.6 Å². The maximum absolute atomic E-state index is 12.4. The SMILES string of the molecule is CCCNCc1sc(S(=O)(=O)NC2CCCC2)cc1C. The Labute approximate surface area is 126 Å². The summed E-state index contributed by atoms with van der Waals surface area (Å²) in [5.74, 6) is 0. The van der Waals surface area contributed by atoms with Gasteiger partial charge in [-0.1, -0.05) is 19.8 Å². The van der Waals surface area contributed by atoms with Gasteiger partial charge >= 0.3 is 0 Å². The molecule has 114 valence electrons. The number of hydrogen-bond donors (Lipinski definition) is 2. The quantitative estimate of drug-likeness (QED) is 0.761. The summed E-state index contributed by atoms with van der Waals surface area (Å²) in [6, 6.07) is 1.93. The largest absolute Gasteiger partial charge is 0.312 e. The lowest BCUT2D eigenvalue weighted by Crippen LogP contribution is -2.32. The van der Waals surface area contributed by atoms with Gasteiger partial charge in [0.25, 0.3) is 0 Å². The third-order valence-corrected chi connectivity index (χ3v) is 6.88. The Morgan fingerprint density at radius 3 is 2.70 bits per heavy atom. The third-order valence-electron chi connectivity index (χ3n) is 3.65. The molecule has 1 heterocycles. The highest BCUT2D eigenvalue weighted by atomic mass is 32.2. The van der Waals surface area contributed by atoms with E-state index in [9.17, 15) is 8.42 Å². The molecule has 2 N–H and O–H groups in total. The highest BCUT2D eigenvalue weighted by Crippen LogP contribution is 2.27. The topological polar surface area (TPSA) is 58.2 Å². The number of thiophene rings is 1. The van der Waals surface area contributed by atoms with Crippen LogP contribution in [-0.2, 0) is 16.6 Å². The van der Waals surface area contributed by atoms with Crippen molar-refractivity contribution in [2.24, 2.45) is 0 Å². The van der Waals surface area contributed by atoms with Crippen LogP contribution >= 0.6 is 11.3 Å². The zero-order chi connectivity index (χ0) is 14.6. The Balaban J connectivity index is 2.05. The second-order valence-corrected chi connectivity index (χ2v) is 8.53. The highest BCUT2D eigenvalue weighted by Gasteiger charge is 2.24. The lowest BCUT2D eigenvalue weighted by atomic mass is 10.3. The first-order chi connectivity index (χ1) is 9.53. The predicted molar refractivity (Wildman–Crippen MR) is 83.6 cm³/mol. The Morgan fingerprint density at radius 2 is 2.05 bits per heavy atom. The molecule has 0 aromatic carbocycles. The van der Waals surface area contributed by atoms with Crippen molar-refractivity contribution in [3.8, 4) is 0 Å². The van der Waals surface area contributed by atoms with E-state index >= 15 is 0 Å². The summed E-state index contributed by atoms with van der Waals surface area (Å²) in [5.41, 5.74) is 1.06. The molecule has 0 aliphatic heterocycles. The predicted octanol–water partition coefficient (Wildman–Crippen LogP) is 2.78. The molecule has 0 bridgehead atoms. The van der Waals surface area contributed by atoms with Gasteiger partial charge in [-0.25, -0.2) is 13.1 Å². The smallest absolute Gasteiger partial charge is 0.250 e. The molecule has 1 fully saturated rings. The van der Waals surface area contributed by atoms with Gasteiger partial charge in [0, 0.05) is 17.5 Å². The number of aryl methyl sites for hydroxylation is 1. The van der Waals surface area contributed by atoms with Crippen LogP contribution in [-0.4, -0.2) is 21.0 Å². The van der Waals surface area contributed by atoms with Crippen molar-refractivity contribution in [2.75, 3.05) is 6.54 Å². The van der Waals surface area contributed by atoms with E-state index in [1.165, 1.54) is 11.3 Å². The molecule has 20 heavy (non-hydrogen) atoms. The van der Waals surface area contributed by atoms with Crippen molar-refractivity contribution < 1.29 is 8.42 Å². The van der Waals surface area contributed by atoms with E-state index in [1.807, 2.05) is 6.92 Å². The zero-order valence-electron chi connectivity index (χ0n) is 12.2. The summed E-state index contributed by atoms with van der Waals surface area (Å²) >= 11 is 1.39. The molecule has 6 heteroatoms. The molecule has 0 unspecified atom stereocenters. The summed E-state index contributed by atoms with van der Waals surface area (Å²) in [4.78, 5) is 1.12. The third kappa shape index (κ3) is 4.04. The van der Waals surface area contributed by atoms with Gasteiger partial charge in [-0.3, -0.25) is 0 Å². The van der Waals surface area contributed by atoms with Crippen molar-refractivity contribution in [2.45, 2.75) is 62.7 Å². The molecular weight excluding hydrogens is 292 g/mol. The second kappa shape index (κ2) is 7.02. The van der Waals surface area contributed by atoms with E-state index in [0.29, 0.717) is 4.21 Å². The zero-order valence-corrected chi connectivity index (χ0v) is 13.9. The van der Waals surface area contributed by atoms with Crippen LogP contribution in [0.5, 0.6) is 0 Å². The number of hydrogen-bond acceptors (Lipinski definition) is 4. The fourth-order valence-corrected chi connectivity index (χ4v) is 5.38. The summed E-state index contributed by atoms with van der Waals surface area (Å²) in [6.07, 6.45) is 5.27.